The van der Waals surface area contributed by atoms with Crippen molar-refractivity contribution in [3.05, 3.63) is 95.0 Å². The lowest BCUT2D eigenvalue weighted by molar-refractivity contribution is -0.124. The summed E-state index contributed by atoms with van der Waals surface area (Å²) in [6.45, 7) is 15.4. The molecule has 462 valence electrons. The molecule has 2 aliphatic rings. The molecule has 27 heteroatoms. The molecule has 86 heavy (non-hydrogen) atoms. The predicted molar refractivity (Wildman–Crippen MR) is 337 cm³/mol. The number of rotatable bonds is 34. The topological polar surface area (TPSA) is 310 Å². The van der Waals surface area contributed by atoms with E-state index in [-0.39, 0.29) is 48.7 Å². The number of nitrogens with two attached hydrogens (primary N) is 4. The van der Waals surface area contributed by atoms with Crippen molar-refractivity contribution in [2.45, 2.75) is 0 Å². The molecule has 10 N–H and O–H groups in total. The van der Waals surface area contributed by atoms with E-state index in [2.05, 4.69) is 84.4 Å². The number of hydrogen-bond acceptors (Lipinski definition) is 19. The Balaban J connectivity index is 0.555. The summed E-state index contributed by atoms with van der Waals surface area (Å²) in [4.78, 5) is 62.3. The first-order valence-electron chi connectivity index (χ1n) is 28.8. The molecule has 0 radical (unpaired) electrons. The van der Waals surface area contributed by atoms with Gasteiger partial charge in [0.2, 0.25) is 11.8 Å². The Labute approximate surface area is 511 Å². The van der Waals surface area contributed by atoms with E-state index >= 15 is 0 Å². The van der Waals surface area contributed by atoms with Gasteiger partial charge in [-0.05, 0) is 67.7 Å². The fraction of sp³-hybridized carbons (Fsp3) is 0.458. The Morgan fingerprint density at radius 1 is 0.488 bits per heavy atom. The van der Waals surface area contributed by atoms with Gasteiger partial charge >= 0.3 is 0 Å². The summed E-state index contributed by atoms with van der Waals surface area (Å²) in [7, 11) is 1.72. The highest BCUT2D eigenvalue weighted by molar-refractivity contribution is 6.31. The zero-order valence-electron chi connectivity index (χ0n) is 48.7. The van der Waals surface area contributed by atoms with Crippen LogP contribution < -0.4 is 43.4 Å². The number of halogens is 2. The van der Waals surface area contributed by atoms with Gasteiger partial charge in [0.1, 0.15) is 0 Å². The summed E-state index contributed by atoms with van der Waals surface area (Å²) in [5.74, 6) is -0.236. The number of nitrogens with zero attached hydrogens (tertiary/aromatic N) is 11. The number of hydrogen-bond donors (Lipinski definition) is 6. The minimum Gasteiger partial charge on any atom is -0.378 e. The van der Waals surface area contributed by atoms with Crippen molar-refractivity contribution in [1.29, 1.82) is 0 Å². The molecule has 25 nitrogen and oxygen atoms in total. The van der Waals surface area contributed by atoms with Gasteiger partial charge in [0, 0.05) is 122 Å². The zero-order valence-corrected chi connectivity index (χ0v) is 50.2. The monoisotopic (exact) mass is 1220 g/mol. The second-order valence-corrected chi connectivity index (χ2v) is 21.3. The summed E-state index contributed by atoms with van der Waals surface area (Å²) in [5.41, 5.74) is 29.3. The number of aliphatic imine (C=N–C) groups is 2. The molecule has 2 aromatic heterocycles. The molecular formula is C59H79Cl2N17O8. The summed E-state index contributed by atoms with van der Waals surface area (Å²) in [5, 5.41) is 8.44. The molecule has 4 aromatic carbocycles. The highest BCUT2D eigenvalue weighted by Crippen LogP contribution is 2.33. The molecule has 2 fully saturated rings. The second kappa shape index (κ2) is 34.3. The number of anilines is 2. The molecule has 8 rings (SSSR count). The maximum Gasteiger partial charge on any atom is 0.253 e. The van der Waals surface area contributed by atoms with Crippen molar-refractivity contribution >= 4 is 92.0 Å². The van der Waals surface area contributed by atoms with Gasteiger partial charge in [0.25, 0.3) is 11.9 Å². The highest BCUT2D eigenvalue weighted by atomic mass is 35.5. The molecule has 2 aliphatic heterocycles. The third-order valence-corrected chi connectivity index (χ3v) is 14.5. The lowest BCUT2D eigenvalue weighted by Crippen LogP contribution is -2.47. The van der Waals surface area contributed by atoms with Crippen LogP contribution in [0, 0.1) is 0 Å². The van der Waals surface area contributed by atoms with E-state index in [4.69, 9.17) is 74.6 Å². The summed E-state index contributed by atoms with van der Waals surface area (Å²) in [6, 6.07) is 27.5. The molecule has 0 unspecified atom stereocenters. The van der Waals surface area contributed by atoms with Crippen LogP contribution in [0.2, 0.25) is 10.0 Å². The number of likely N-dealkylation sites (N-methyl/N-ethyl adjacent to an activating group) is 1. The lowest BCUT2D eigenvalue weighted by atomic mass is 10.1. The summed E-state index contributed by atoms with van der Waals surface area (Å²) >= 11 is 12.6. The average molecular weight is 1230 g/mol. The first-order valence-corrected chi connectivity index (χ1v) is 29.6. The van der Waals surface area contributed by atoms with Gasteiger partial charge in [0.05, 0.1) is 115 Å². The summed E-state index contributed by atoms with van der Waals surface area (Å²) in [6.07, 6.45) is 0. The van der Waals surface area contributed by atoms with Crippen molar-refractivity contribution in [3.8, 4) is 22.5 Å². The van der Waals surface area contributed by atoms with Crippen LogP contribution in [-0.2, 0) is 38.0 Å². The van der Waals surface area contributed by atoms with E-state index < -0.39 is 0 Å². The number of fused-ring (bicyclic) bond motifs is 2. The molecule has 0 aliphatic carbocycles. The Morgan fingerprint density at radius 3 is 1.20 bits per heavy atom. The third-order valence-electron chi connectivity index (χ3n) is 14.1. The van der Waals surface area contributed by atoms with Gasteiger partial charge in [0.15, 0.2) is 11.9 Å². The fourth-order valence-corrected chi connectivity index (χ4v) is 10.1. The number of amides is 2. The van der Waals surface area contributed by atoms with Crippen LogP contribution in [0.1, 0.15) is 0 Å². The van der Waals surface area contributed by atoms with Crippen molar-refractivity contribution in [2.24, 2.45) is 32.9 Å². The molecular weight excluding hydrogens is 1150 g/mol. The van der Waals surface area contributed by atoms with Crippen LogP contribution in [0.4, 0.5) is 23.3 Å². The Kier molecular flexibility index (Phi) is 25.8. The van der Waals surface area contributed by atoms with Gasteiger partial charge in [-0.25, -0.2) is 19.9 Å². The number of piperazine rings is 2. The van der Waals surface area contributed by atoms with Gasteiger partial charge in [-0.1, -0.05) is 47.5 Å². The Hall–Kier alpha value is -7.14. The average Bonchev–Trinajstić information content (AvgIpc) is 1.75. The van der Waals surface area contributed by atoms with Gasteiger partial charge < -0.3 is 71.8 Å². The molecule has 2 saturated heterocycles. The smallest absolute Gasteiger partial charge is 0.253 e. The molecule has 2 amide bonds. The number of ether oxygens (including phenoxy) is 6. The maximum absolute atomic E-state index is 12.4. The van der Waals surface area contributed by atoms with Crippen LogP contribution in [-0.4, -0.2) is 236 Å². The summed E-state index contributed by atoms with van der Waals surface area (Å²) < 4.78 is 34.2. The number of aromatic nitrogens is 4. The molecule has 4 heterocycles. The van der Waals surface area contributed by atoms with E-state index in [1.807, 2.05) is 48.5 Å². The second-order valence-electron chi connectivity index (χ2n) is 20.4. The molecule has 0 atom stereocenters. The van der Waals surface area contributed by atoms with Crippen molar-refractivity contribution in [1.82, 2.24) is 45.3 Å². The minimum atomic E-state index is -0.196. The predicted octanol–water partition coefficient (Wildman–Crippen LogP) is 3.23. The van der Waals surface area contributed by atoms with E-state index in [0.29, 0.717) is 125 Å². The van der Waals surface area contributed by atoms with Crippen molar-refractivity contribution in [2.75, 3.05) is 188 Å². The van der Waals surface area contributed by atoms with E-state index in [0.717, 1.165) is 98.7 Å². The van der Waals surface area contributed by atoms with E-state index in [1.54, 1.807) is 24.1 Å². The first kappa shape index (κ1) is 64.8. The number of carbonyl (C=O) groups is 2. The highest BCUT2D eigenvalue weighted by Gasteiger charge is 2.21. The van der Waals surface area contributed by atoms with E-state index in [1.165, 1.54) is 0 Å². The molecule has 0 saturated carbocycles. The fourth-order valence-electron chi connectivity index (χ4n) is 9.72. The number of benzene rings is 4. The van der Waals surface area contributed by atoms with Crippen LogP contribution >= 0.6 is 23.2 Å². The zero-order chi connectivity index (χ0) is 60.5. The molecule has 0 bridgehead atoms. The van der Waals surface area contributed by atoms with Crippen LogP contribution in [0.25, 0.3) is 44.3 Å². The SMILES string of the molecule is CN(CC(=O)NCCOCCOCCOCCN1CCN(c2ccc(-c3nc(N=C(N)N)nc4ccc(Cl)cc34)cc2)CC1)CC(=O)NCCOCCOCCOCCN1CCN(c2ccc(-c3nc(N=C(N)N)nc4ccc(Cl)cc34)cc2)CC1. The molecule has 6 aromatic rings. The first-order chi connectivity index (χ1) is 41.8. The van der Waals surface area contributed by atoms with E-state index in [9.17, 15) is 9.59 Å². The van der Waals surface area contributed by atoms with Crippen LogP contribution in [0.15, 0.2) is 94.9 Å². The third kappa shape index (κ3) is 21.1. The van der Waals surface area contributed by atoms with Crippen LogP contribution in [0.5, 0.6) is 0 Å². The maximum atomic E-state index is 12.4. The number of carbonyl (C=O) groups excluding carboxylic acids is 2. The minimum absolute atomic E-state index is 0.0772. The quantitative estimate of drug-likeness (QED) is 0.0192. The standard InChI is InChI=1S/C59H79Cl2N17O8/c1-74(40-52(79)66-14-26-81-30-34-85-36-32-83-28-24-75-16-20-77(21-17-75)46-8-2-42(3-9-46)54-48-38-44(60)6-12-50(48)68-58(70-54)72-56(62)63)41-53(80)67-15-27-82-31-35-86-37-33-84-29-25-76-18-22-78(23-19-76)47-10-4-43(5-11-47)55-49-39-45(61)7-13-51(49)69-59(71-55)73-57(64)65/h2-13,38-39H,14-37,40-41H2,1H3,(H,66,79)(H,67,80)(H4,62,63,68,70,72)(H4,64,65,69,71,73). The molecule has 0 spiro atoms. The van der Waals surface area contributed by atoms with Crippen molar-refractivity contribution in [3.63, 3.8) is 0 Å². The number of nitrogens with one attached hydrogen (secondary N) is 2. The number of guanidine groups is 2. The lowest BCUT2D eigenvalue weighted by Gasteiger charge is -2.36. The largest absolute Gasteiger partial charge is 0.378 e. The Morgan fingerprint density at radius 2 is 0.837 bits per heavy atom. The van der Waals surface area contributed by atoms with Gasteiger partial charge in [-0.2, -0.15) is 9.98 Å². The normalized spacial score (nSPS) is 14.0. The van der Waals surface area contributed by atoms with Gasteiger partial charge in [-0.3, -0.25) is 24.3 Å². The van der Waals surface area contributed by atoms with Gasteiger partial charge in [-0.15, -0.1) is 0 Å². The Bertz CT molecular complexity index is 2950. The van der Waals surface area contributed by atoms with Crippen molar-refractivity contribution < 1.29 is 38.0 Å². The van der Waals surface area contributed by atoms with Crippen LogP contribution in [0.3, 0.4) is 0 Å².